The fraction of sp³-hybridized carbons (Fsp3) is 0.381. The number of allylic oxidation sites excluding steroid dienone is 1. The van der Waals surface area contributed by atoms with E-state index in [1.165, 1.54) is 0 Å². The van der Waals surface area contributed by atoms with Gasteiger partial charge in [0.2, 0.25) is 5.91 Å². The van der Waals surface area contributed by atoms with Gasteiger partial charge in [0.05, 0.1) is 25.6 Å². The second-order valence-electron chi connectivity index (χ2n) is 6.74. The van der Waals surface area contributed by atoms with E-state index in [1.807, 2.05) is 30.3 Å². The van der Waals surface area contributed by atoms with Crippen molar-refractivity contribution in [3.05, 3.63) is 35.7 Å². The molecule has 1 heterocycles. The molecule has 1 aromatic carbocycles. The summed E-state index contributed by atoms with van der Waals surface area (Å²) >= 11 is 0. The molecule has 0 spiro atoms. The Hall–Kier alpha value is -3.87. The summed E-state index contributed by atoms with van der Waals surface area (Å²) in [6, 6.07) is 9.41. The number of fused-ring (bicyclic) bond motifs is 1. The molecule has 164 valence electrons. The van der Waals surface area contributed by atoms with E-state index >= 15 is 0 Å². The zero-order valence-electron chi connectivity index (χ0n) is 17.9. The lowest BCUT2D eigenvalue weighted by atomic mass is 10.1. The van der Waals surface area contributed by atoms with E-state index in [1.54, 1.807) is 23.9 Å². The van der Waals surface area contributed by atoms with E-state index < -0.39 is 36.7 Å². The number of Topliss-reactive ketones (excluding diaryl/α,β-unsaturated/α-hetero) is 1. The SMILES string of the molecule is COC(=O)CN(CC(=O)OC)C(=O)CCC(=O)C(C#N)=C1N(C)c2ccccc2N1C. The summed E-state index contributed by atoms with van der Waals surface area (Å²) in [7, 11) is 5.82. The van der Waals surface area contributed by atoms with Crippen LogP contribution in [0, 0.1) is 11.3 Å². The Morgan fingerprint density at radius 1 is 0.935 bits per heavy atom. The maximum Gasteiger partial charge on any atom is 0.325 e. The number of benzene rings is 1. The summed E-state index contributed by atoms with van der Waals surface area (Å²) in [4.78, 5) is 52.9. The van der Waals surface area contributed by atoms with Crippen molar-refractivity contribution >= 4 is 35.0 Å². The van der Waals surface area contributed by atoms with Gasteiger partial charge in [-0.1, -0.05) is 12.1 Å². The highest BCUT2D eigenvalue weighted by atomic mass is 16.5. The van der Waals surface area contributed by atoms with Crippen molar-refractivity contribution in [2.24, 2.45) is 0 Å². The predicted octanol–water partition coefficient (Wildman–Crippen LogP) is 0.832. The summed E-state index contributed by atoms with van der Waals surface area (Å²) in [5.41, 5.74) is 1.61. The van der Waals surface area contributed by atoms with Crippen LogP contribution in [0.4, 0.5) is 11.4 Å². The Labute approximate surface area is 180 Å². The number of hydrogen-bond donors (Lipinski definition) is 0. The van der Waals surface area contributed by atoms with Gasteiger partial charge in [-0.3, -0.25) is 19.2 Å². The van der Waals surface area contributed by atoms with Crippen LogP contribution in [0.25, 0.3) is 0 Å². The lowest BCUT2D eigenvalue weighted by molar-refractivity contribution is -0.152. The van der Waals surface area contributed by atoms with Crippen LogP contribution < -0.4 is 9.80 Å². The molecule has 0 aromatic heterocycles. The number of carbonyl (C=O) groups excluding carboxylic acids is 4. The summed E-state index contributed by atoms with van der Waals surface area (Å²) < 4.78 is 9.07. The summed E-state index contributed by atoms with van der Waals surface area (Å²) in [6.07, 6.45) is -0.548. The molecule has 0 saturated carbocycles. The fourth-order valence-corrected chi connectivity index (χ4v) is 3.23. The van der Waals surface area contributed by atoms with Gasteiger partial charge in [0.25, 0.3) is 0 Å². The predicted molar refractivity (Wildman–Crippen MR) is 111 cm³/mol. The first-order valence-electron chi connectivity index (χ1n) is 9.40. The number of esters is 2. The maximum atomic E-state index is 12.8. The van der Waals surface area contributed by atoms with Crippen molar-refractivity contribution in [1.82, 2.24) is 4.90 Å². The minimum absolute atomic E-state index is 0.0820. The van der Waals surface area contributed by atoms with Gasteiger partial charge in [-0.25, -0.2) is 0 Å². The van der Waals surface area contributed by atoms with E-state index in [9.17, 15) is 24.4 Å². The molecule has 1 amide bonds. The van der Waals surface area contributed by atoms with Crippen LogP contribution in [-0.4, -0.2) is 69.9 Å². The number of methoxy groups -OCH3 is 2. The number of nitrogens with zero attached hydrogens (tertiary/aromatic N) is 4. The highest BCUT2D eigenvalue weighted by Gasteiger charge is 2.31. The van der Waals surface area contributed by atoms with Crippen LogP contribution in [0.15, 0.2) is 35.7 Å². The van der Waals surface area contributed by atoms with Gasteiger partial charge in [-0.05, 0) is 12.1 Å². The molecule has 10 nitrogen and oxygen atoms in total. The number of nitriles is 1. The molecule has 1 aromatic rings. The minimum Gasteiger partial charge on any atom is -0.468 e. The number of amides is 1. The third-order valence-corrected chi connectivity index (χ3v) is 4.87. The van der Waals surface area contributed by atoms with Crippen LogP contribution in [0.2, 0.25) is 0 Å². The van der Waals surface area contributed by atoms with Gasteiger partial charge >= 0.3 is 11.9 Å². The van der Waals surface area contributed by atoms with Crippen molar-refractivity contribution in [3.8, 4) is 6.07 Å². The second kappa shape index (κ2) is 10.2. The number of ether oxygens (including phenoxy) is 2. The first-order valence-corrected chi connectivity index (χ1v) is 9.40. The molecular weight excluding hydrogens is 404 g/mol. The molecule has 31 heavy (non-hydrogen) atoms. The third-order valence-electron chi connectivity index (χ3n) is 4.87. The van der Waals surface area contributed by atoms with Gasteiger partial charge in [-0.15, -0.1) is 0 Å². The standard InChI is InChI=1S/C21H24N4O6/c1-23-15-7-5-6-8-16(15)24(2)21(23)14(11-22)17(26)9-10-18(27)25(12-19(28)30-3)13-20(29)31-4/h5-8H,9-10,12-13H2,1-4H3. The molecule has 10 heteroatoms. The smallest absolute Gasteiger partial charge is 0.325 e. The Morgan fingerprint density at radius 2 is 1.42 bits per heavy atom. The normalized spacial score (nSPS) is 12.0. The van der Waals surface area contributed by atoms with E-state index in [4.69, 9.17) is 0 Å². The monoisotopic (exact) mass is 428 g/mol. The molecule has 0 N–H and O–H groups in total. The number of para-hydroxylation sites is 2. The zero-order chi connectivity index (χ0) is 23.1. The van der Waals surface area contributed by atoms with Crippen molar-refractivity contribution in [2.45, 2.75) is 12.8 Å². The van der Waals surface area contributed by atoms with Gasteiger partial charge < -0.3 is 24.2 Å². The van der Waals surface area contributed by atoms with E-state index in [0.29, 0.717) is 5.82 Å². The highest BCUT2D eigenvalue weighted by Crippen LogP contribution is 2.40. The summed E-state index contributed by atoms with van der Waals surface area (Å²) in [5, 5.41) is 9.65. The van der Waals surface area contributed by atoms with Crippen LogP contribution in [0.1, 0.15) is 12.8 Å². The van der Waals surface area contributed by atoms with E-state index in [0.717, 1.165) is 30.5 Å². The average Bonchev–Trinajstić information content (AvgIpc) is 3.02. The van der Waals surface area contributed by atoms with Crippen molar-refractivity contribution in [2.75, 3.05) is 51.2 Å². The van der Waals surface area contributed by atoms with Gasteiger partial charge in [0.1, 0.15) is 30.6 Å². The first kappa shape index (κ1) is 23.4. The van der Waals surface area contributed by atoms with Gasteiger partial charge in [0, 0.05) is 26.9 Å². The molecule has 0 unspecified atom stereocenters. The Balaban J connectivity index is 2.16. The lowest BCUT2D eigenvalue weighted by Gasteiger charge is -2.21. The Kier molecular flexibility index (Phi) is 7.74. The Bertz CT molecular complexity index is 916. The lowest BCUT2D eigenvalue weighted by Crippen LogP contribution is -2.40. The molecule has 0 saturated heterocycles. The average molecular weight is 428 g/mol. The molecule has 1 aliphatic heterocycles. The molecule has 0 bridgehead atoms. The topological polar surface area (TPSA) is 120 Å². The van der Waals surface area contributed by atoms with Gasteiger partial charge in [0.15, 0.2) is 5.78 Å². The molecule has 0 radical (unpaired) electrons. The minimum atomic E-state index is -0.713. The van der Waals surface area contributed by atoms with Crippen LogP contribution in [0.5, 0.6) is 0 Å². The highest BCUT2D eigenvalue weighted by molar-refractivity contribution is 6.03. The van der Waals surface area contributed by atoms with Crippen LogP contribution in [0.3, 0.4) is 0 Å². The second-order valence-corrected chi connectivity index (χ2v) is 6.74. The number of carbonyl (C=O) groups is 4. The molecule has 0 atom stereocenters. The fourth-order valence-electron chi connectivity index (χ4n) is 3.23. The molecule has 2 rings (SSSR count). The molecule has 1 aliphatic rings. The molecular formula is C21H24N4O6. The van der Waals surface area contributed by atoms with E-state index in [-0.39, 0.29) is 18.4 Å². The summed E-state index contributed by atoms with van der Waals surface area (Å²) in [5.74, 6) is -2.14. The Morgan fingerprint density at radius 3 is 1.84 bits per heavy atom. The summed E-state index contributed by atoms with van der Waals surface area (Å²) in [6.45, 7) is -0.906. The van der Waals surface area contributed by atoms with Crippen molar-refractivity contribution < 1.29 is 28.7 Å². The number of rotatable bonds is 8. The maximum absolute atomic E-state index is 12.8. The van der Waals surface area contributed by atoms with Crippen LogP contribution in [-0.2, 0) is 28.7 Å². The quantitative estimate of drug-likeness (QED) is 0.337. The van der Waals surface area contributed by atoms with Crippen molar-refractivity contribution in [1.29, 1.82) is 5.26 Å². The largest absolute Gasteiger partial charge is 0.468 e. The number of hydrogen-bond acceptors (Lipinski definition) is 9. The third kappa shape index (κ3) is 5.19. The first-order chi connectivity index (χ1) is 14.7. The molecule has 0 aliphatic carbocycles. The van der Waals surface area contributed by atoms with E-state index in [2.05, 4.69) is 9.47 Å². The number of ketones is 1. The zero-order valence-corrected chi connectivity index (χ0v) is 17.9. The van der Waals surface area contributed by atoms with Crippen molar-refractivity contribution in [3.63, 3.8) is 0 Å². The van der Waals surface area contributed by atoms with Gasteiger partial charge in [-0.2, -0.15) is 5.26 Å². The van der Waals surface area contributed by atoms with Crippen LogP contribution >= 0.6 is 0 Å². The molecule has 0 fully saturated rings. The number of anilines is 2.